The van der Waals surface area contributed by atoms with Crippen molar-refractivity contribution in [3.05, 3.63) is 12.1 Å². The molecule has 0 saturated heterocycles. The average Bonchev–Trinajstić information content (AvgIpc) is 2.37. The minimum Gasteiger partial charge on any atom is -0.493 e. The predicted molar refractivity (Wildman–Crippen MR) is 66.7 cm³/mol. The maximum absolute atomic E-state index is 5.29. The second-order valence-corrected chi connectivity index (χ2v) is 3.44. The number of rotatable bonds is 6. The summed E-state index contributed by atoms with van der Waals surface area (Å²) in [6.07, 6.45) is 0. The van der Waals surface area contributed by atoms with Crippen molar-refractivity contribution in [2.45, 2.75) is 0 Å². The van der Waals surface area contributed by atoms with Crippen molar-refractivity contribution in [3.8, 4) is 17.2 Å². The summed E-state index contributed by atoms with van der Waals surface area (Å²) in [5.41, 5.74) is 3.50. The molecule has 0 aliphatic heterocycles. The number of methoxy groups -OCH3 is 3. The second-order valence-electron chi connectivity index (χ2n) is 3.44. The monoisotopic (exact) mass is 241 g/mol. The fourth-order valence-corrected chi connectivity index (χ4v) is 1.52. The Kier molecular flexibility index (Phi) is 4.86. The predicted octanol–water partition coefficient (Wildman–Crippen LogP) is 0.569. The lowest BCUT2D eigenvalue weighted by atomic mass is 10.2. The van der Waals surface area contributed by atoms with Crippen LogP contribution in [0.1, 0.15) is 0 Å². The van der Waals surface area contributed by atoms with E-state index in [4.69, 9.17) is 20.1 Å². The number of ether oxygens (including phenoxy) is 3. The molecule has 0 radical (unpaired) electrons. The molecule has 1 aromatic carbocycles. The van der Waals surface area contributed by atoms with E-state index in [2.05, 4.69) is 5.43 Å². The molecule has 0 spiro atoms. The van der Waals surface area contributed by atoms with Crippen molar-refractivity contribution in [1.82, 2.24) is 5.43 Å². The number of hydrogen-bond acceptors (Lipinski definition) is 6. The van der Waals surface area contributed by atoms with Crippen molar-refractivity contribution in [3.63, 3.8) is 0 Å². The van der Waals surface area contributed by atoms with E-state index in [1.165, 1.54) is 0 Å². The molecule has 0 aliphatic carbocycles. The molecule has 6 heteroatoms. The Morgan fingerprint density at radius 3 is 2.00 bits per heavy atom. The van der Waals surface area contributed by atoms with Crippen LogP contribution in [0.25, 0.3) is 0 Å². The number of nitrogens with one attached hydrogen (secondary N) is 1. The van der Waals surface area contributed by atoms with Gasteiger partial charge in [0, 0.05) is 24.9 Å². The van der Waals surface area contributed by atoms with Gasteiger partial charge in [0.25, 0.3) is 0 Å². The van der Waals surface area contributed by atoms with Gasteiger partial charge in [-0.1, -0.05) is 0 Å². The molecule has 1 rings (SSSR count). The Morgan fingerprint density at radius 1 is 1.12 bits per heavy atom. The highest BCUT2D eigenvalue weighted by atomic mass is 16.5. The second kappa shape index (κ2) is 6.17. The third kappa shape index (κ3) is 2.92. The zero-order valence-electron chi connectivity index (χ0n) is 10.6. The van der Waals surface area contributed by atoms with Crippen molar-refractivity contribution in [2.75, 3.05) is 39.9 Å². The fraction of sp³-hybridized carbons (Fsp3) is 0.455. The first kappa shape index (κ1) is 13.4. The summed E-state index contributed by atoms with van der Waals surface area (Å²) in [5, 5.41) is 0. The molecule has 0 saturated carbocycles. The van der Waals surface area contributed by atoms with Crippen LogP contribution >= 0.6 is 0 Å². The quantitative estimate of drug-likeness (QED) is 0.431. The van der Waals surface area contributed by atoms with Crippen LogP contribution in [0.5, 0.6) is 17.2 Å². The van der Waals surface area contributed by atoms with Crippen molar-refractivity contribution in [1.29, 1.82) is 0 Å². The molecule has 0 aliphatic rings. The topological polar surface area (TPSA) is 69.0 Å². The summed E-state index contributed by atoms with van der Waals surface area (Å²) < 4.78 is 15.8. The van der Waals surface area contributed by atoms with Crippen LogP contribution in [0.3, 0.4) is 0 Å². The van der Waals surface area contributed by atoms with Gasteiger partial charge in [-0.05, 0) is 0 Å². The molecular formula is C11H19N3O3. The summed E-state index contributed by atoms with van der Waals surface area (Å²) in [7, 11) is 6.65. The number of nitrogens with two attached hydrogens (primary N) is 1. The molecule has 0 bridgehead atoms. The molecule has 0 atom stereocenters. The fourth-order valence-electron chi connectivity index (χ4n) is 1.52. The first-order valence-corrected chi connectivity index (χ1v) is 5.12. The number of nitrogens with zero attached hydrogens (tertiary/aromatic N) is 1. The van der Waals surface area contributed by atoms with Gasteiger partial charge in [-0.15, -0.1) is 0 Å². The molecule has 6 nitrogen and oxygen atoms in total. The lowest BCUT2D eigenvalue weighted by Crippen LogP contribution is -2.35. The van der Waals surface area contributed by atoms with Crippen LogP contribution in [-0.2, 0) is 0 Å². The van der Waals surface area contributed by atoms with Crippen molar-refractivity contribution in [2.24, 2.45) is 5.84 Å². The van der Waals surface area contributed by atoms with E-state index in [0.717, 1.165) is 5.69 Å². The molecule has 0 unspecified atom stereocenters. The Morgan fingerprint density at radius 2 is 1.65 bits per heavy atom. The lowest BCUT2D eigenvalue weighted by molar-refractivity contribution is 0.324. The standard InChI is InChI=1S/C11H19N3O3/c1-14(7-13-12)8-5-9(15-2)11(17-4)10(6-8)16-3/h5-6,13H,7,12H2,1-4H3. The molecule has 0 fully saturated rings. The summed E-state index contributed by atoms with van der Waals surface area (Å²) in [4.78, 5) is 1.92. The third-order valence-electron chi connectivity index (χ3n) is 2.42. The van der Waals surface area contributed by atoms with Crippen LogP contribution in [0.4, 0.5) is 5.69 Å². The average molecular weight is 241 g/mol. The summed E-state index contributed by atoms with van der Waals surface area (Å²) in [6, 6.07) is 3.72. The molecule has 3 N–H and O–H groups in total. The maximum atomic E-state index is 5.29. The first-order chi connectivity index (χ1) is 8.17. The lowest BCUT2D eigenvalue weighted by Gasteiger charge is -2.21. The molecule has 0 heterocycles. The van der Waals surface area contributed by atoms with Gasteiger partial charge in [-0.3, -0.25) is 5.84 Å². The van der Waals surface area contributed by atoms with Crippen LogP contribution in [0.2, 0.25) is 0 Å². The van der Waals surface area contributed by atoms with Gasteiger partial charge in [0.15, 0.2) is 11.5 Å². The van der Waals surface area contributed by atoms with E-state index < -0.39 is 0 Å². The number of hydrazine groups is 1. The molecular weight excluding hydrogens is 222 g/mol. The Balaban J connectivity index is 3.17. The molecule has 0 amide bonds. The van der Waals surface area contributed by atoms with Crippen LogP contribution in [-0.4, -0.2) is 35.0 Å². The van der Waals surface area contributed by atoms with Gasteiger partial charge in [0.05, 0.1) is 28.0 Å². The Hall–Kier alpha value is -1.66. The molecule has 17 heavy (non-hydrogen) atoms. The van der Waals surface area contributed by atoms with E-state index in [0.29, 0.717) is 23.9 Å². The zero-order chi connectivity index (χ0) is 12.8. The van der Waals surface area contributed by atoms with E-state index in [9.17, 15) is 0 Å². The Labute approximate surface area is 101 Å². The molecule has 0 aromatic heterocycles. The number of hydrogen-bond donors (Lipinski definition) is 2. The summed E-state index contributed by atoms with van der Waals surface area (Å²) in [5.74, 6) is 7.09. The highest BCUT2D eigenvalue weighted by molar-refractivity contribution is 5.63. The summed E-state index contributed by atoms with van der Waals surface area (Å²) >= 11 is 0. The van der Waals surface area contributed by atoms with E-state index in [1.54, 1.807) is 21.3 Å². The van der Waals surface area contributed by atoms with Gasteiger partial charge in [0.2, 0.25) is 5.75 Å². The SMILES string of the molecule is COc1cc(N(C)CNN)cc(OC)c1OC. The normalized spacial score (nSPS) is 9.94. The van der Waals surface area contributed by atoms with Gasteiger partial charge in [-0.2, -0.15) is 0 Å². The van der Waals surface area contributed by atoms with E-state index >= 15 is 0 Å². The van der Waals surface area contributed by atoms with Crippen LogP contribution < -0.4 is 30.4 Å². The highest BCUT2D eigenvalue weighted by Gasteiger charge is 2.14. The van der Waals surface area contributed by atoms with Gasteiger partial charge in [0.1, 0.15) is 0 Å². The maximum Gasteiger partial charge on any atom is 0.203 e. The van der Waals surface area contributed by atoms with Crippen LogP contribution in [0, 0.1) is 0 Å². The molecule has 96 valence electrons. The largest absolute Gasteiger partial charge is 0.493 e. The number of benzene rings is 1. The van der Waals surface area contributed by atoms with E-state index in [-0.39, 0.29) is 0 Å². The highest BCUT2D eigenvalue weighted by Crippen LogP contribution is 2.40. The first-order valence-electron chi connectivity index (χ1n) is 5.12. The van der Waals surface area contributed by atoms with Gasteiger partial charge < -0.3 is 19.1 Å². The van der Waals surface area contributed by atoms with Crippen molar-refractivity contribution < 1.29 is 14.2 Å². The third-order valence-corrected chi connectivity index (χ3v) is 2.42. The number of anilines is 1. The Bertz CT molecular complexity index is 346. The minimum absolute atomic E-state index is 0.513. The molecule has 1 aromatic rings. The van der Waals surface area contributed by atoms with Gasteiger partial charge >= 0.3 is 0 Å². The van der Waals surface area contributed by atoms with Crippen molar-refractivity contribution >= 4 is 5.69 Å². The minimum atomic E-state index is 0.513. The van der Waals surface area contributed by atoms with Crippen LogP contribution in [0.15, 0.2) is 12.1 Å². The van der Waals surface area contributed by atoms with E-state index in [1.807, 2.05) is 24.1 Å². The zero-order valence-corrected chi connectivity index (χ0v) is 10.6. The summed E-state index contributed by atoms with van der Waals surface area (Å²) in [6.45, 7) is 0.513. The smallest absolute Gasteiger partial charge is 0.203 e. The van der Waals surface area contributed by atoms with Gasteiger partial charge in [-0.25, -0.2) is 5.43 Å².